The lowest BCUT2D eigenvalue weighted by atomic mass is 9.80. The summed E-state index contributed by atoms with van der Waals surface area (Å²) in [6.07, 6.45) is 6.04. The highest BCUT2D eigenvalue weighted by Crippen LogP contribution is 2.34. The Hall–Kier alpha value is -0.380. The minimum atomic E-state index is -0.0687. The van der Waals surface area contributed by atoms with Gasteiger partial charge in [-0.2, -0.15) is 0 Å². The summed E-state index contributed by atoms with van der Waals surface area (Å²) in [7, 11) is 0. The average molecular weight is 279 g/mol. The van der Waals surface area contributed by atoms with Gasteiger partial charge in [0.25, 0.3) is 0 Å². The van der Waals surface area contributed by atoms with Crippen molar-refractivity contribution in [2.45, 2.75) is 57.7 Å². The first-order valence-electron chi connectivity index (χ1n) is 7.67. The molecule has 0 aliphatic heterocycles. The van der Waals surface area contributed by atoms with E-state index >= 15 is 0 Å². The van der Waals surface area contributed by atoms with Crippen molar-refractivity contribution in [2.24, 2.45) is 11.8 Å². The van der Waals surface area contributed by atoms with Crippen LogP contribution in [0.15, 0.2) is 17.5 Å². The Morgan fingerprint density at radius 1 is 1.32 bits per heavy atom. The Bertz CT molecular complexity index is 387. The van der Waals surface area contributed by atoms with E-state index in [1.807, 2.05) is 11.3 Å². The van der Waals surface area contributed by atoms with Crippen LogP contribution in [-0.2, 0) is 6.54 Å². The molecule has 0 radical (unpaired) electrons. The van der Waals surface area contributed by atoms with Crippen LogP contribution in [0.25, 0.3) is 0 Å². The van der Waals surface area contributed by atoms with Crippen LogP contribution in [0.4, 0.5) is 0 Å². The van der Waals surface area contributed by atoms with E-state index in [0.717, 1.165) is 31.5 Å². The monoisotopic (exact) mass is 279 g/mol. The van der Waals surface area contributed by atoms with Crippen LogP contribution < -0.4 is 0 Å². The Morgan fingerprint density at radius 3 is 2.84 bits per heavy atom. The number of aliphatic hydroxyl groups excluding tert-OH is 1. The number of hydrogen-bond donors (Lipinski definition) is 1. The van der Waals surface area contributed by atoms with E-state index in [1.54, 1.807) is 0 Å². The molecule has 3 unspecified atom stereocenters. The summed E-state index contributed by atoms with van der Waals surface area (Å²) < 4.78 is 0. The quantitative estimate of drug-likeness (QED) is 0.891. The third kappa shape index (κ3) is 3.59. The maximum Gasteiger partial charge on any atom is 0.0580 e. The minimum Gasteiger partial charge on any atom is -0.393 e. The van der Waals surface area contributed by atoms with E-state index in [2.05, 4.69) is 29.3 Å². The molecule has 1 N–H and O–H groups in total. The van der Waals surface area contributed by atoms with Crippen LogP contribution in [-0.4, -0.2) is 28.7 Å². The fraction of sp³-hybridized carbons (Fsp3) is 0.750. The maximum absolute atomic E-state index is 10.2. The van der Waals surface area contributed by atoms with E-state index in [0.29, 0.717) is 5.92 Å². The Balaban J connectivity index is 1.60. The summed E-state index contributed by atoms with van der Waals surface area (Å²) in [6, 6.07) is 5.16. The number of rotatable bonds is 5. The molecule has 2 nitrogen and oxygen atoms in total. The van der Waals surface area contributed by atoms with Gasteiger partial charge in [-0.3, -0.25) is 4.90 Å². The summed E-state index contributed by atoms with van der Waals surface area (Å²) in [5, 5.41) is 12.4. The van der Waals surface area contributed by atoms with Gasteiger partial charge in [-0.25, -0.2) is 0 Å². The molecule has 3 atom stereocenters. The summed E-state index contributed by atoms with van der Waals surface area (Å²) in [4.78, 5) is 4.09. The molecule has 2 saturated carbocycles. The first-order chi connectivity index (χ1) is 9.22. The lowest BCUT2D eigenvalue weighted by Crippen LogP contribution is -2.39. The van der Waals surface area contributed by atoms with Crippen molar-refractivity contribution >= 4 is 11.3 Å². The van der Waals surface area contributed by atoms with Gasteiger partial charge < -0.3 is 5.11 Å². The standard InChI is InChI=1S/C16H25NOS/c1-12-4-7-16(18)13(9-12)10-17(14-5-6-14)11-15-3-2-8-19-15/h2-3,8,12-14,16,18H,4-7,9-11H2,1H3. The third-order valence-corrected chi connectivity index (χ3v) is 5.54. The summed E-state index contributed by atoms with van der Waals surface area (Å²) in [6.45, 7) is 4.51. The Kier molecular flexibility index (Phi) is 4.25. The zero-order chi connectivity index (χ0) is 13.2. The highest BCUT2D eigenvalue weighted by molar-refractivity contribution is 7.09. The predicted molar refractivity (Wildman–Crippen MR) is 80.3 cm³/mol. The zero-order valence-corrected chi connectivity index (χ0v) is 12.6. The van der Waals surface area contributed by atoms with Crippen molar-refractivity contribution < 1.29 is 5.11 Å². The van der Waals surface area contributed by atoms with E-state index < -0.39 is 0 Å². The third-order valence-electron chi connectivity index (χ3n) is 4.68. The molecule has 0 bridgehead atoms. The van der Waals surface area contributed by atoms with E-state index in [4.69, 9.17) is 0 Å². The second-order valence-corrected chi connectivity index (χ2v) is 7.52. The Morgan fingerprint density at radius 2 is 2.16 bits per heavy atom. The second-order valence-electron chi connectivity index (χ2n) is 6.49. The van der Waals surface area contributed by atoms with Gasteiger partial charge in [0.15, 0.2) is 0 Å². The Labute approximate surface area is 120 Å². The van der Waals surface area contributed by atoms with Gasteiger partial charge in [-0.1, -0.05) is 13.0 Å². The van der Waals surface area contributed by atoms with Gasteiger partial charge in [-0.15, -0.1) is 11.3 Å². The lowest BCUT2D eigenvalue weighted by molar-refractivity contribution is 0.0274. The molecule has 2 fully saturated rings. The van der Waals surface area contributed by atoms with Crippen molar-refractivity contribution in [3.8, 4) is 0 Å². The summed E-state index contributed by atoms with van der Waals surface area (Å²) in [5.74, 6) is 1.28. The zero-order valence-electron chi connectivity index (χ0n) is 11.8. The normalized spacial score (nSPS) is 31.8. The predicted octanol–water partition coefficient (Wildman–Crippen LogP) is 3.51. The molecule has 19 heavy (non-hydrogen) atoms. The largest absolute Gasteiger partial charge is 0.393 e. The van der Waals surface area contributed by atoms with Crippen molar-refractivity contribution in [3.05, 3.63) is 22.4 Å². The molecule has 3 rings (SSSR count). The number of aliphatic hydroxyl groups is 1. The number of nitrogens with zero attached hydrogens (tertiary/aromatic N) is 1. The number of thiophene rings is 1. The molecule has 0 spiro atoms. The van der Waals surface area contributed by atoms with Crippen LogP contribution in [0.1, 0.15) is 43.9 Å². The van der Waals surface area contributed by atoms with Crippen molar-refractivity contribution in [1.82, 2.24) is 4.90 Å². The van der Waals surface area contributed by atoms with Gasteiger partial charge in [0.05, 0.1) is 6.10 Å². The SMILES string of the molecule is CC1CCC(O)C(CN(Cc2cccs2)C2CC2)C1. The minimum absolute atomic E-state index is 0.0687. The molecule has 3 heteroatoms. The molecule has 106 valence electrons. The fourth-order valence-corrected chi connectivity index (χ4v) is 4.09. The van der Waals surface area contributed by atoms with E-state index in [9.17, 15) is 5.11 Å². The number of hydrogen-bond acceptors (Lipinski definition) is 3. The highest BCUT2D eigenvalue weighted by Gasteiger charge is 2.34. The van der Waals surface area contributed by atoms with Gasteiger partial charge in [0.2, 0.25) is 0 Å². The molecule has 1 aromatic rings. The van der Waals surface area contributed by atoms with Crippen LogP contribution in [0, 0.1) is 11.8 Å². The molecule has 2 aliphatic carbocycles. The lowest BCUT2D eigenvalue weighted by Gasteiger charge is -2.35. The van der Waals surface area contributed by atoms with Crippen LogP contribution in [0.5, 0.6) is 0 Å². The van der Waals surface area contributed by atoms with Crippen LogP contribution >= 0.6 is 11.3 Å². The molecule has 0 amide bonds. The van der Waals surface area contributed by atoms with Crippen LogP contribution in [0.3, 0.4) is 0 Å². The first kappa shape index (κ1) is 13.6. The first-order valence-corrected chi connectivity index (χ1v) is 8.55. The molecule has 1 aromatic heterocycles. The summed E-state index contributed by atoms with van der Waals surface area (Å²) >= 11 is 1.86. The fourth-order valence-electron chi connectivity index (χ4n) is 3.37. The van der Waals surface area contributed by atoms with Crippen molar-refractivity contribution in [1.29, 1.82) is 0 Å². The molecule has 0 aromatic carbocycles. The molecular formula is C16H25NOS. The van der Waals surface area contributed by atoms with Crippen molar-refractivity contribution in [2.75, 3.05) is 6.54 Å². The molecule has 1 heterocycles. The molecule has 2 aliphatic rings. The van der Waals surface area contributed by atoms with Gasteiger partial charge >= 0.3 is 0 Å². The maximum atomic E-state index is 10.2. The van der Waals surface area contributed by atoms with Crippen molar-refractivity contribution in [3.63, 3.8) is 0 Å². The summed E-state index contributed by atoms with van der Waals surface area (Å²) in [5.41, 5.74) is 0. The highest BCUT2D eigenvalue weighted by atomic mass is 32.1. The van der Waals surface area contributed by atoms with Crippen LogP contribution in [0.2, 0.25) is 0 Å². The molecule has 0 saturated heterocycles. The average Bonchev–Trinajstić information content (AvgIpc) is 3.12. The second kappa shape index (κ2) is 5.94. The van der Waals surface area contributed by atoms with Gasteiger partial charge in [0, 0.05) is 24.0 Å². The van der Waals surface area contributed by atoms with Gasteiger partial charge in [-0.05, 0) is 55.4 Å². The van der Waals surface area contributed by atoms with Gasteiger partial charge in [0.1, 0.15) is 0 Å². The topological polar surface area (TPSA) is 23.5 Å². The molecular weight excluding hydrogens is 254 g/mol. The van der Waals surface area contributed by atoms with E-state index in [1.165, 1.54) is 30.6 Å². The smallest absolute Gasteiger partial charge is 0.0580 e. The van der Waals surface area contributed by atoms with E-state index in [-0.39, 0.29) is 6.10 Å².